The van der Waals surface area contributed by atoms with Crippen molar-refractivity contribution in [2.75, 3.05) is 6.54 Å². The van der Waals surface area contributed by atoms with Gasteiger partial charge >= 0.3 is 0 Å². The van der Waals surface area contributed by atoms with E-state index in [1.807, 2.05) is 36.4 Å². The van der Waals surface area contributed by atoms with Gasteiger partial charge in [-0.15, -0.1) is 0 Å². The molecule has 2 saturated carbocycles. The van der Waals surface area contributed by atoms with Crippen LogP contribution in [0, 0.1) is 34.5 Å². The molecule has 6 atom stereocenters. The Morgan fingerprint density at radius 3 is 2.28 bits per heavy atom. The SMILES string of the molecule is C[C@]12CC[C@H]3[C@@H](CNC4=CC(=O)C=C[C@@]43C)[C@@H]1CC[C@@H]2C(=O)NC(c1ccccc1)c1ccccc1. The van der Waals surface area contributed by atoms with E-state index in [-0.39, 0.29) is 34.5 Å². The van der Waals surface area contributed by atoms with Crippen LogP contribution in [0.2, 0.25) is 0 Å². The first-order chi connectivity index (χ1) is 17.4. The number of carbonyl (C=O) groups is 2. The number of hydrogen-bond acceptors (Lipinski definition) is 3. The molecule has 1 saturated heterocycles. The molecule has 2 aromatic carbocycles. The number of amides is 1. The van der Waals surface area contributed by atoms with Gasteiger partial charge in [0, 0.05) is 29.7 Å². The lowest BCUT2D eigenvalue weighted by Crippen LogP contribution is -2.56. The fourth-order valence-corrected chi connectivity index (χ4v) is 8.12. The molecule has 0 spiro atoms. The summed E-state index contributed by atoms with van der Waals surface area (Å²) in [5.41, 5.74) is 3.20. The van der Waals surface area contributed by atoms with Gasteiger partial charge in [-0.3, -0.25) is 9.59 Å². The minimum atomic E-state index is -0.147. The van der Waals surface area contributed by atoms with Gasteiger partial charge in [0.15, 0.2) is 5.78 Å². The first-order valence-corrected chi connectivity index (χ1v) is 13.5. The predicted molar refractivity (Wildman–Crippen MR) is 142 cm³/mol. The van der Waals surface area contributed by atoms with Gasteiger partial charge in [-0.1, -0.05) is 80.6 Å². The van der Waals surface area contributed by atoms with E-state index in [9.17, 15) is 9.59 Å². The van der Waals surface area contributed by atoms with Crippen molar-refractivity contribution >= 4 is 11.7 Å². The topological polar surface area (TPSA) is 58.2 Å². The molecule has 1 amide bonds. The molecule has 186 valence electrons. The summed E-state index contributed by atoms with van der Waals surface area (Å²) >= 11 is 0. The van der Waals surface area contributed by atoms with Crippen LogP contribution in [0.5, 0.6) is 0 Å². The second-order valence-corrected chi connectivity index (χ2v) is 11.8. The van der Waals surface area contributed by atoms with E-state index in [2.05, 4.69) is 54.8 Å². The fourth-order valence-electron chi connectivity index (χ4n) is 8.12. The van der Waals surface area contributed by atoms with Gasteiger partial charge in [-0.2, -0.15) is 0 Å². The van der Waals surface area contributed by atoms with Gasteiger partial charge in [0.2, 0.25) is 5.91 Å². The fraction of sp³-hybridized carbons (Fsp3) is 0.438. The van der Waals surface area contributed by atoms with Crippen molar-refractivity contribution in [3.8, 4) is 0 Å². The molecule has 2 N–H and O–H groups in total. The highest BCUT2D eigenvalue weighted by Gasteiger charge is 2.60. The second kappa shape index (κ2) is 8.76. The Morgan fingerprint density at radius 1 is 0.944 bits per heavy atom. The highest BCUT2D eigenvalue weighted by molar-refractivity contribution is 6.01. The average Bonchev–Trinajstić information content (AvgIpc) is 3.26. The lowest BCUT2D eigenvalue weighted by molar-refractivity contribution is -0.132. The van der Waals surface area contributed by atoms with Gasteiger partial charge in [0.05, 0.1) is 6.04 Å². The van der Waals surface area contributed by atoms with E-state index in [4.69, 9.17) is 0 Å². The maximum absolute atomic E-state index is 14.0. The third-order valence-electron chi connectivity index (χ3n) is 10.1. The number of fused-ring (bicyclic) bond motifs is 5. The molecule has 4 nitrogen and oxygen atoms in total. The number of nitrogens with one attached hydrogen (secondary N) is 2. The lowest BCUT2D eigenvalue weighted by Gasteiger charge is -2.57. The molecule has 3 aliphatic carbocycles. The van der Waals surface area contributed by atoms with Crippen molar-refractivity contribution in [2.24, 2.45) is 34.5 Å². The largest absolute Gasteiger partial charge is 0.387 e. The molecule has 2 aromatic rings. The third-order valence-corrected chi connectivity index (χ3v) is 10.1. The molecule has 0 radical (unpaired) electrons. The van der Waals surface area contributed by atoms with E-state index in [1.54, 1.807) is 12.2 Å². The van der Waals surface area contributed by atoms with E-state index in [0.717, 1.165) is 49.1 Å². The predicted octanol–water partition coefficient (Wildman–Crippen LogP) is 5.58. The summed E-state index contributed by atoms with van der Waals surface area (Å²) in [6.45, 7) is 5.56. The van der Waals surface area contributed by atoms with Crippen LogP contribution in [0.4, 0.5) is 0 Å². The molecule has 36 heavy (non-hydrogen) atoms. The molecule has 3 fully saturated rings. The van der Waals surface area contributed by atoms with Crippen LogP contribution < -0.4 is 10.6 Å². The summed E-state index contributed by atoms with van der Waals surface area (Å²) in [7, 11) is 0. The van der Waals surface area contributed by atoms with Crippen molar-refractivity contribution in [3.63, 3.8) is 0 Å². The molecule has 0 bridgehead atoms. The molecule has 1 heterocycles. The van der Waals surface area contributed by atoms with Crippen LogP contribution in [0.25, 0.3) is 0 Å². The van der Waals surface area contributed by atoms with Crippen LogP contribution >= 0.6 is 0 Å². The third kappa shape index (κ3) is 3.65. The first-order valence-electron chi connectivity index (χ1n) is 13.5. The van der Waals surface area contributed by atoms with Gasteiger partial charge in [-0.05, 0) is 66.1 Å². The number of benzene rings is 2. The van der Waals surface area contributed by atoms with Crippen LogP contribution in [-0.2, 0) is 9.59 Å². The van der Waals surface area contributed by atoms with Gasteiger partial charge in [0.25, 0.3) is 0 Å². The Labute approximate surface area is 214 Å². The van der Waals surface area contributed by atoms with Crippen molar-refractivity contribution in [3.05, 3.63) is 95.7 Å². The van der Waals surface area contributed by atoms with Gasteiger partial charge < -0.3 is 10.6 Å². The minimum Gasteiger partial charge on any atom is -0.387 e. The van der Waals surface area contributed by atoms with E-state index >= 15 is 0 Å². The Hall–Kier alpha value is -3.14. The van der Waals surface area contributed by atoms with Crippen molar-refractivity contribution in [1.82, 2.24) is 10.6 Å². The molecular weight excluding hydrogens is 444 g/mol. The Bertz CT molecular complexity index is 1180. The zero-order valence-electron chi connectivity index (χ0n) is 21.2. The second-order valence-electron chi connectivity index (χ2n) is 11.8. The highest BCUT2D eigenvalue weighted by atomic mass is 16.2. The molecule has 6 rings (SSSR count). The van der Waals surface area contributed by atoms with Crippen LogP contribution in [-0.4, -0.2) is 18.2 Å². The number of hydrogen-bond donors (Lipinski definition) is 2. The molecule has 1 aliphatic heterocycles. The molecular formula is C32H36N2O2. The maximum atomic E-state index is 14.0. The number of rotatable bonds is 4. The Balaban J connectivity index is 1.25. The Morgan fingerprint density at radius 2 is 1.61 bits per heavy atom. The summed E-state index contributed by atoms with van der Waals surface area (Å²) < 4.78 is 0. The quantitative estimate of drug-likeness (QED) is 0.600. The van der Waals surface area contributed by atoms with Crippen LogP contribution in [0.15, 0.2) is 84.6 Å². The number of ketones is 1. The number of carbonyl (C=O) groups excluding carboxylic acids is 2. The van der Waals surface area contributed by atoms with Crippen molar-refractivity contribution < 1.29 is 9.59 Å². The molecule has 4 aliphatic rings. The van der Waals surface area contributed by atoms with Crippen LogP contribution in [0.1, 0.15) is 56.7 Å². The standard InChI is InChI=1S/C32H36N2O2/c1-31-18-16-26-24(20-33-28-19-23(35)15-17-32(26,28)2)25(31)13-14-27(31)30(36)34-29(21-9-5-3-6-10-21)22-11-7-4-8-12-22/h3-12,15,17,19,24-27,29,33H,13-14,16,18,20H2,1-2H3,(H,34,36)/t24-,25-,26-,27+,31-,32+/m0/s1. The summed E-state index contributed by atoms with van der Waals surface area (Å²) in [4.78, 5) is 26.0. The Kier molecular flexibility index (Phi) is 5.66. The minimum absolute atomic E-state index is 0.00334. The van der Waals surface area contributed by atoms with Gasteiger partial charge in [-0.25, -0.2) is 0 Å². The lowest BCUT2D eigenvalue weighted by atomic mass is 9.50. The first kappa shape index (κ1) is 23.3. The summed E-state index contributed by atoms with van der Waals surface area (Å²) in [5, 5.41) is 7.10. The zero-order valence-corrected chi connectivity index (χ0v) is 21.2. The molecule has 0 aromatic heterocycles. The van der Waals surface area contributed by atoms with E-state index in [1.165, 1.54) is 0 Å². The summed E-state index contributed by atoms with van der Waals surface area (Å²) in [6, 6.07) is 20.5. The number of piperidine rings is 1. The molecule has 0 unspecified atom stereocenters. The van der Waals surface area contributed by atoms with Crippen LogP contribution in [0.3, 0.4) is 0 Å². The van der Waals surface area contributed by atoms with Gasteiger partial charge in [0.1, 0.15) is 0 Å². The summed E-state index contributed by atoms with van der Waals surface area (Å²) in [5.74, 6) is 1.83. The summed E-state index contributed by atoms with van der Waals surface area (Å²) in [6.07, 6.45) is 9.87. The normalized spacial score (nSPS) is 34.8. The number of allylic oxidation sites excluding steroid dienone is 3. The highest BCUT2D eigenvalue weighted by Crippen LogP contribution is 2.63. The smallest absolute Gasteiger partial charge is 0.224 e. The van der Waals surface area contributed by atoms with Crippen molar-refractivity contribution in [2.45, 2.75) is 45.6 Å². The van der Waals surface area contributed by atoms with E-state index in [0.29, 0.717) is 17.8 Å². The average molecular weight is 481 g/mol. The van der Waals surface area contributed by atoms with Crippen molar-refractivity contribution in [1.29, 1.82) is 0 Å². The molecule has 4 heteroatoms. The monoisotopic (exact) mass is 480 g/mol. The van der Waals surface area contributed by atoms with E-state index < -0.39 is 0 Å². The maximum Gasteiger partial charge on any atom is 0.224 e. The zero-order chi connectivity index (χ0) is 24.9.